The van der Waals surface area contributed by atoms with Crippen molar-refractivity contribution in [3.63, 3.8) is 0 Å². The third kappa shape index (κ3) is 4.51. The Labute approximate surface area is 173 Å². The fourth-order valence-electron chi connectivity index (χ4n) is 3.77. The second-order valence-corrected chi connectivity index (χ2v) is 8.98. The quantitative estimate of drug-likeness (QED) is 0.466. The number of alkyl halides is 3. The molecule has 30 heavy (non-hydrogen) atoms. The van der Waals surface area contributed by atoms with Gasteiger partial charge in [0.15, 0.2) is 11.5 Å². The lowest BCUT2D eigenvalue weighted by Crippen LogP contribution is -2.29. The van der Waals surface area contributed by atoms with E-state index in [1.54, 1.807) is 18.2 Å². The summed E-state index contributed by atoms with van der Waals surface area (Å²) < 4.78 is 75.7. The minimum atomic E-state index is -5.72. The lowest BCUT2D eigenvalue weighted by Gasteiger charge is -2.31. The molecule has 6 nitrogen and oxygen atoms in total. The van der Waals surface area contributed by atoms with Gasteiger partial charge >= 0.3 is 15.6 Å². The zero-order valence-corrected chi connectivity index (χ0v) is 17.2. The van der Waals surface area contributed by atoms with Crippen molar-refractivity contribution >= 4 is 10.1 Å². The van der Waals surface area contributed by atoms with E-state index in [0.29, 0.717) is 17.1 Å². The maximum atomic E-state index is 12.5. The van der Waals surface area contributed by atoms with Crippen LogP contribution in [0, 0.1) is 11.3 Å². The molecule has 1 fully saturated rings. The highest BCUT2D eigenvalue weighted by Gasteiger charge is 2.49. The third-order valence-electron chi connectivity index (χ3n) is 5.50. The van der Waals surface area contributed by atoms with E-state index in [0.717, 1.165) is 25.7 Å². The van der Waals surface area contributed by atoms with Crippen molar-refractivity contribution in [3.8, 4) is 17.6 Å². The van der Waals surface area contributed by atoms with Gasteiger partial charge in [-0.2, -0.15) is 26.9 Å². The van der Waals surface area contributed by atoms with Crippen molar-refractivity contribution in [2.24, 2.45) is 0 Å². The molecule has 0 amide bonds. The van der Waals surface area contributed by atoms with Gasteiger partial charge in [-0.3, -0.25) is 0 Å². The molecular weight excluding hydrogens is 423 g/mol. The monoisotopic (exact) mass is 445 g/mol. The molecule has 1 aromatic carbocycles. The van der Waals surface area contributed by atoms with Crippen LogP contribution in [0.5, 0.6) is 11.5 Å². The second kappa shape index (κ2) is 8.38. The zero-order chi connectivity index (χ0) is 22.0. The van der Waals surface area contributed by atoms with E-state index in [4.69, 9.17) is 9.47 Å². The summed E-state index contributed by atoms with van der Waals surface area (Å²) in [6.45, 7) is 0. The predicted octanol–water partition coefficient (Wildman–Crippen LogP) is 4.71. The molecule has 2 aliphatic carbocycles. The molecule has 0 saturated heterocycles. The summed E-state index contributed by atoms with van der Waals surface area (Å²) in [6.07, 6.45) is 5.37. The topological polar surface area (TPSA) is 85.6 Å². The molecule has 0 heterocycles. The molecule has 10 heteroatoms. The highest BCUT2D eigenvalue weighted by molar-refractivity contribution is 7.87. The first-order valence-electron chi connectivity index (χ1n) is 9.56. The number of hydrogen-bond donors (Lipinski definition) is 0. The van der Waals surface area contributed by atoms with E-state index in [1.807, 2.05) is 0 Å². The standard InChI is InChI=1S/C20H22F3NO5S/c1-27-17-7-6-14(12-18(17)28-15-4-2-3-5-15)19(13-24)10-8-16(9-11-19)29-30(25,26)20(21,22)23/h6-8,12,15H,2-5,9-11H2,1H3. The Morgan fingerprint density at radius 1 is 1.20 bits per heavy atom. The molecule has 0 aromatic heterocycles. The molecule has 1 atom stereocenters. The van der Waals surface area contributed by atoms with Crippen molar-refractivity contribution in [1.29, 1.82) is 5.26 Å². The zero-order valence-electron chi connectivity index (χ0n) is 16.4. The average Bonchev–Trinajstić information content (AvgIpc) is 3.21. The number of methoxy groups -OCH3 is 1. The Morgan fingerprint density at radius 2 is 1.90 bits per heavy atom. The molecule has 1 saturated carbocycles. The Hall–Kier alpha value is -2.41. The molecule has 1 aromatic rings. The van der Waals surface area contributed by atoms with Gasteiger partial charge in [-0.05, 0) is 62.3 Å². The smallest absolute Gasteiger partial charge is 0.493 e. The SMILES string of the molecule is COc1ccc(C2(C#N)CC=C(OS(=O)(=O)C(F)(F)F)CC2)cc1OC1CCCC1. The first-order chi connectivity index (χ1) is 14.1. The average molecular weight is 445 g/mol. The highest BCUT2D eigenvalue weighted by atomic mass is 32.2. The molecule has 0 spiro atoms. The molecule has 1 unspecified atom stereocenters. The number of hydrogen-bond acceptors (Lipinski definition) is 6. The van der Waals surface area contributed by atoms with Crippen LogP contribution in [0.4, 0.5) is 13.2 Å². The van der Waals surface area contributed by atoms with Crippen molar-refractivity contribution in [3.05, 3.63) is 35.6 Å². The third-order valence-corrected chi connectivity index (χ3v) is 6.50. The van der Waals surface area contributed by atoms with Crippen LogP contribution < -0.4 is 9.47 Å². The fourth-order valence-corrected chi connectivity index (χ4v) is 4.30. The van der Waals surface area contributed by atoms with Crippen LogP contribution in [0.25, 0.3) is 0 Å². The summed E-state index contributed by atoms with van der Waals surface area (Å²) in [6, 6.07) is 7.38. The summed E-state index contributed by atoms with van der Waals surface area (Å²) in [5.74, 6) is 0.738. The molecule has 164 valence electrons. The van der Waals surface area contributed by atoms with E-state index < -0.39 is 21.0 Å². The normalized spacial score (nSPS) is 22.8. The van der Waals surface area contributed by atoms with Gasteiger partial charge in [-0.15, -0.1) is 0 Å². The van der Waals surface area contributed by atoms with Gasteiger partial charge in [0, 0.05) is 6.42 Å². The van der Waals surface area contributed by atoms with Crippen molar-refractivity contribution in [2.45, 2.75) is 62.0 Å². The first kappa shape index (κ1) is 22.3. The Kier molecular flexibility index (Phi) is 6.22. The van der Waals surface area contributed by atoms with Crippen LogP contribution in [-0.2, 0) is 19.7 Å². The van der Waals surface area contributed by atoms with Crippen LogP contribution in [0.1, 0.15) is 50.5 Å². The van der Waals surface area contributed by atoms with Gasteiger partial charge in [-0.25, -0.2) is 0 Å². The summed E-state index contributed by atoms with van der Waals surface area (Å²) in [4.78, 5) is 0. The number of halogens is 3. The summed E-state index contributed by atoms with van der Waals surface area (Å²) in [5, 5.41) is 9.85. The van der Waals surface area contributed by atoms with Crippen LogP contribution in [0.3, 0.4) is 0 Å². The molecule has 3 rings (SSSR count). The largest absolute Gasteiger partial charge is 0.534 e. The number of nitriles is 1. The molecule has 0 bridgehead atoms. The van der Waals surface area contributed by atoms with Gasteiger partial charge in [0.05, 0.1) is 24.7 Å². The minimum absolute atomic E-state index is 0.0153. The second-order valence-electron chi connectivity index (χ2n) is 7.44. The molecule has 0 radical (unpaired) electrons. The van der Waals surface area contributed by atoms with Gasteiger partial charge in [0.2, 0.25) is 0 Å². The maximum Gasteiger partial charge on any atom is 0.534 e. The molecule has 0 N–H and O–H groups in total. The molecular formula is C20H22F3NO5S. The van der Waals surface area contributed by atoms with Crippen LogP contribution in [0.2, 0.25) is 0 Å². The predicted molar refractivity (Wildman–Crippen MR) is 101 cm³/mol. The minimum Gasteiger partial charge on any atom is -0.493 e. The van der Waals surface area contributed by atoms with Crippen LogP contribution >= 0.6 is 0 Å². The molecule has 2 aliphatic rings. The number of rotatable bonds is 6. The maximum absolute atomic E-state index is 12.5. The molecule has 0 aliphatic heterocycles. The van der Waals surface area contributed by atoms with E-state index in [9.17, 15) is 26.9 Å². The van der Waals surface area contributed by atoms with E-state index in [1.165, 1.54) is 13.2 Å². The van der Waals surface area contributed by atoms with E-state index >= 15 is 0 Å². The van der Waals surface area contributed by atoms with Crippen molar-refractivity contribution < 1.29 is 35.2 Å². The highest BCUT2D eigenvalue weighted by Crippen LogP contribution is 2.43. The number of ether oxygens (including phenoxy) is 2. The van der Waals surface area contributed by atoms with Crippen LogP contribution in [0.15, 0.2) is 30.0 Å². The number of benzene rings is 1. The first-order valence-corrected chi connectivity index (χ1v) is 11.0. The van der Waals surface area contributed by atoms with Crippen molar-refractivity contribution in [2.75, 3.05) is 7.11 Å². The van der Waals surface area contributed by atoms with E-state index in [-0.39, 0.29) is 31.1 Å². The van der Waals surface area contributed by atoms with Crippen LogP contribution in [-0.4, -0.2) is 27.1 Å². The number of nitrogens with zero attached hydrogens (tertiary/aromatic N) is 1. The Morgan fingerprint density at radius 3 is 2.43 bits per heavy atom. The Balaban J connectivity index is 1.84. The summed E-state index contributed by atoms with van der Waals surface area (Å²) in [5.41, 5.74) is -5.90. The summed E-state index contributed by atoms with van der Waals surface area (Å²) in [7, 11) is -4.20. The van der Waals surface area contributed by atoms with Gasteiger partial charge in [0.1, 0.15) is 5.76 Å². The lowest BCUT2D eigenvalue weighted by atomic mass is 9.72. The lowest BCUT2D eigenvalue weighted by molar-refractivity contribution is -0.0524. The van der Waals surface area contributed by atoms with Crippen molar-refractivity contribution in [1.82, 2.24) is 0 Å². The number of allylic oxidation sites excluding steroid dienone is 2. The summed E-state index contributed by atoms with van der Waals surface area (Å²) >= 11 is 0. The van der Waals surface area contributed by atoms with E-state index in [2.05, 4.69) is 10.3 Å². The Bertz CT molecular complexity index is 962. The van der Waals surface area contributed by atoms with Gasteiger partial charge < -0.3 is 13.7 Å². The van der Waals surface area contributed by atoms with Gasteiger partial charge in [0.25, 0.3) is 0 Å². The fraction of sp³-hybridized carbons (Fsp3) is 0.550. The van der Waals surface area contributed by atoms with Gasteiger partial charge in [-0.1, -0.05) is 6.07 Å².